The number of hydrogen-bond donors (Lipinski definition) is 2. The molecule has 1 aromatic carbocycles. The lowest BCUT2D eigenvalue weighted by molar-refractivity contribution is -0.140. The number of aliphatic carboxylic acids is 1. The Morgan fingerprint density at radius 3 is 2.53 bits per heavy atom. The van der Waals surface area contributed by atoms with Crippen LogP contribution >= 0.6 is 11.8 Å². The summed E-state index contributed by atoms with van der Waals surface area (Å²) in [4.78, 5) is 22.2. The molecule has 2 N–H and O–H groups in total. The molecule has 0 saturated carbocycles. The van der Waals surface area contributed by atoms with Crippen LogP contribution in [0.1, 0.15) is 18.1 Å². The molecule has 0 radical (unpaired) electrons. The monoisotopic (exact) mass is 281 g/mol. The van der Waals surface area contributed by atoms with Gasteiger partial charge >= 0.3 is 5.97 Å². The second-order valence-electron chi connectivity index (χ2n) is 4.52. The number of carboxylic acids is 1. The van der Waals surface area contributed by atoms with Crippen molar-refractivity contribution in [2.75, 3.05) is 11.5 Å². The zero-order valence-electron chi connectivity index (χ0n) is 11.2. The quantitative estimate of drug-likeness (QED) is 0.803. The van der Waals surface area contributed by atoms with E-state index in [2.05, 4.69) is 5.32 Å². The number of thioether (sulfide) groups is 1. The molecule has 1 atom stereocenters. The van der Waals surface area contributed by atoms with Gasteiger partial charge in [0.25, 0.3) is 0 Å². The van der Waals surface area contributed by atoms with E-state index in [-0.39, 0.29) is 5.91 Å². The molecule has 0 saturated heterocycles. The van der Waals surface area contributed by atoms with E-state index in [0.717, 1.165) is 5.56 Å². The highest BCUT2D eigenvalue weighted by molar-refractivity contribution is 7.99. The highest BCUT2D eigenvalue weighted by atomic mass is 32.2. The van der Waals surface area contributed by atoms with Gasteiger partial charge in [-0.2, -0.15) is 11.8 Å². The molecular weight excluding hydrogens is 262 g/mol. The molecule has 104 valence electrons. The van der Waals surface area contributed by atoms with E-state index in [1.165, 1.54) is 17.3 Å². The first-order valence-electron chi connectivity index (χ1n) is 6.12. The number of carboxylic acid groups (broad SMARTS) is 1. The van der Waals surface area contributed by atoms with Gasteiger partial charge in [0, 0.05) is 12.3 Å². The van der Waals surface area contributed by atoms with Crippen LogP contribution in [0.2, 0.25) is 0 Å². The van der Waals surface area contributed by atoms with E-state index < -0.39 is 11.9 Å². The summed E-state index contributed by atoms with van der Waals surface area (Å²) in [5.41, 5.74) is 2.25. The summed E-state index contributed by atoms with van der Waals surface area (Å²) in [5.74, 6) is -0.567. The van der Waals surface area contributed by atoms with Gasteiger partial charge in [-0.3, -0.25) is 9.59 Å². The van der Waals surface area contributed by atoms with Crippen LogP contribution in [0.15, 0.2) is 24.3 Å². The Kier molecular flexibility index (Phi) is 6.42. The third-order valence-corrected chi connectivity index (χ3v) is 3.83. The van der Waals surface area contributed by atoms with Gasteiger partial charge in [0.15, 0.2) is 0 Å². The summed E-state index contributed by atoms with van der Waals surface area (Å²) >= 11 is 1.34. The molecule has 4 nitrogen and oxygen atoms in total. The fourth-order valence-corrected chi connectivity index (χ4v) is 2.26. The minimum Gasteiger partial charge on any atom is -0.481 e. The fraction of sp³-hybridized carbons (Fsp3) is 0.429. The minimum absolute atomic E-state index is 0.0665. The van der Waals surface area contributed by atoms with Crippen molar-refractivity contribution >= 4 is 23.6 Å². The van der Waals surface area contributed by atoms with E-state index >= 15 is 0 Å². The standard InChI is InChI=1S/C14H19NO3S/c1-10-3-5-12(6-4-10)7-15-13(16)9-19-8-11(2)14(17)18/h3-6,11H,7-9H2,1-2H3,(H,15,16)(H,17,18). The smallest absolute Gasteiger partial charge is 0.307 e. The Hall–Kier alpha value is -1.49. The Balaban J connectivity index is 2.21. The zero-order chi connectivity index (χ0) is 14.3. The molecule has 1 aromatic rings. The van der Waals surface area contributed by atoms with Crippen molar-refractivity contribution in [1.82, 2.24) is 5.32 Å². The molecule has 5 heteroatoms. The number of carbonyl (C=O) groups is 2. The Morgan fingerprint density at radius 2 is 1.95 bits per heavy atom. The lowest BCUT2D eigenvalue weighted by Crippen LogP contribution is -2.25. The summed E-state index contributed by atoms with van der Waals surface area (Å²) in [7, 11) is 0. The van der Waals surface area contributed by atoms with Crippen LogP contribution in [0.25, 0.3) is 0 Å². The van der Waals surface area contributed by atoms with Gasteiger partial charge in [-0.15, -0.1) is 0 Å². The van der Waals surface area contributed by atoms with Gasteiger partial charge in [-0.25, -0.2) is 0 Å². The van der Waals surface area contributed by atoms with E-state index in [9.17, 15) is 9.59 Å². The zero-order valence-corrected chi connectivity index (χ0v) is 12.0. The first kappa shape index (κ1) is 15.6. The van der Waals surface area contributed by atoms with Gasteiger partial charge < -0.3 is 10.4 Å². The molecule has 0 aromatic heterocycles. The fourth-order valence-electron chi connectivity index (χ4n) is 1.36. The first-order valence-corrected chi connectivity index (χ1v) is 7.27. The number of nitrogens with one attached hydrogen (secondary N) is 1. The van der Waals surface area contributed by atoms with Crippen LogP contribution in [0.4, 0.5) is 0 Å². The molecular formula is C14H19NO3S. The average molecular weight is 281 g/mol. The Morgan fingerprint density at radius 1 is 1.32 bits per heavy atom. The van der Waals surface area contributed by atoms with Gasteiger partial charge in [0.05, 0.1) is 11.7 Å². The maximum Gasteiger partial charge on any atom is 0.307 e. The van der Waals surface area contributed by atoms with Gasteiger partial charge in [-0.05, 0) is 12.5 Å². The van der Waals surface area contributed by atoms with E-state index in [1.807, 2.05) is 31.2 Å². The van der Waals surface area contributed by atoms with E-state index in [0.29, 0.717) is 18.1 Å². The van der Waals surface area contributed by atoms with Gasteiger partial charge in [0.1, 0.15) is 0 Å². The van der Waals surface area contributed by atoms with Crippen molar-refractivity contribution in [3.63, 3.8) is 0 Å². The molecule has 0 spiro atoms. The number of carbonyl (C=O) groups excluding carboxylic acids is 1. The van der Waals surface area contributed by atoms with Crippen molar-refractivity contribution in [3.8, 4) is 0 Å². The maximum atomic E-state index is 11.6. The van der Waals surface area contributed by atoms with E-state index in [1.54, 1.807) is 6.92 Å². The molecule has 0 bridgehead atoms. The molecule has 0 aliphatic carbocycles. The summed E-state index contributed by atoms with van der Waals surface area (Å²) < 4.78 is 0. The molecule has 0 aliphatic heterocycles. The van der Waals surface area contributed by atoms with Gasteiger partial charge in [0.2, 0.25) is 5.91 Å². The van der Waals surface area contributed by atoms with Crippen molar-refractivity contribution in [2.24, 2.45) is 5.92 Å². The largest absolute Gasteiger partial charge is 0.481 e. The summed E-state index contributed by atoms with van der Waals surface area (Å²) in [6.07, 6.45) is 0. The topological polar surface area (TPSA) is 66.4 Å². The third-order valence-electron chi connectivity index (χ3n) is 2.63. The van der Waals surface area contributed by atoms with Crippen LogP contribution in [-0.2, 0) is 16.1 Å². The van der Waals surface area contributed by atoms with Crippen molar-refractivity contribution in [2.45, 2.75) is 20.4 Å². The second kappa shape index (κ2) is 7.84. The van der Waals surface area contributed by atoms with Crippen molar-refractivity contribution in [3.05, 3.63) is 35.4 Å². The first-order chi connectivity index (χ1) is 8.99. The molecule has 0 aliphatic rings. The highest BCUT2D eigenvalue weighted by Crippen LogP contribution is 2.08. The average Bonchev–Trinajstić information content (AvgIpc) is 2.37. The van der Waals surface area contributed by atoms with E-state index in [4.69, 9.17) is 5.11 Å². The predicted molar refractivity (Wildman–Crippen MR) is 77.2 cm³/mol. The van der Waals surface area contributed by atoms with Gasteiger partial charge in [-0.1, -0.05) is 36.8 Å². The Bertz CT molecular complexity index is 431. The second-order valence-corrected chi connectivity index (χ2v) is 5.55. The molecule has 0 fully saturated rings. The third kappa shape index (κ3) is 6.29. The van der Waals surface area contributed by atoms with Crippen LogP contribution < -0.4 is 5.32 Å². The molecule has 1 rings (SSSR count). The number of benzene rings is 1. The molecule has 1 amide bonds. The lowest BCUT2D eigenvalue weighted by atomic mass is 10.1. The molecule has 0 heterocycles. The van der Waals surface area contributed by atoms with Crippen LogP contribution in [-0.4, -0.2) is 28.5 Å². The maximum absolute atomic E-state index is 11.6. The summed E-state index contributed by atoms with van der Waals surface area (Å²) in [6.45, 7) is 4.16. The van der Waals surface area contributed by atoms with Crippen LogP contribution in [0, 0.1) is 12.8 Å². The predicted octanol–water partition coefficient (Wildman–Crippen LogP) is 2.07. The number of hydrogen-bond acceptors (Lipinski definition) is 3. The number of amides is 1. The van der Waals surface area contributed by atoms with Crippen molar-refractivity contribution in [1.29, 1.82) is 0 Å². The molecule has 1 unspecified atom stereocenters. The minimum atomic E-state index is -0.826. The highest BCUT2D eigenvalue weighted by Gasteiger charge is 2.11. The Labute approximate surface area is 117 Å². The summed E-state index contributed by atoms with van der Waals surface area (Å²) in [6, 6.07) is 7.97. The van der Waals surface area contributed by atoms with Crippen molar-refractivity contribution < 1.29 is 14.7 Å². The summed E-state index contributed by atoms with van der Waals surface area (Å²) in [5, 5.41) is 11.5. The van der Waals surface area contributed by atoms with Crippen LogP contribution in [0.5, 0.6) is 0 Å². The molecule has 19 heavy (non-hydrogen) atoms. The number of rotatable bonds is 7. The van der Waals surface area contributed by atoms with Crippen LogP contribution in [0.3, 0.4) is 0 Å². The number of aryl methyl sites for hydroxylation is 1. The SMILES string of the molecule is Cc1ccc(CNC(=O)CSCC(C)C(=O)O)cc1. The lowest BCUT2D eigenvalue weighted by Gasteiger charge is -2.07. The normalized spacial score (nSPS) is 11.9.